The van der Waals surface area contributed by atoms with Gasteiger partial charge in [0, 0.05) is 19.2 Å². The van der Waals surface area contributed by atoms with Crippen LogP contribution in [0.25, 0.3) is 0 Å². The molecule has 0 amide bonds. The molecule has 1 aromatic heterocycles. The number of aromatic nitrogens is 1. The molecule has 0 atom stereocenters. The van der Waals surface area contributed by atoms with E-state index in [4.69, 9.17) is 9.47 Å². The number of benzene rings is 1. The Balaban J connectivity index is 0.00000364. The van der Waals surface area contributed by atoms with Crippen LogP contribution < -0.4 is 20.1 Å². The van der Waals surface area contributed by atoms with Gasteiger partial charge in [-0.05, 0) is 43.5 Å². The standard InChI is InChI=1S/C20H28N4O2.HI/c1-5-21-20(23-14-17-7-6-8-19(24-17)26-4)22-12-11-16-10-9-15(2)18(13-16)25-3;/h6-10,13H,5,11-12,14H2,1-4H3,(H2,21,22,23);1H. The second-order valence-electron chi connectivity index (χ2n) is 5.85. The molecule has 2 aromatic rings. The summed E-state index contributed by atoms with van der Waals surface area (Å²) in [5.74, 6) is 2.30. The summed E-state index contributed by atoms with van der Waals surface area (Å²) in [6.45, 7) is 6.17. The van der Waals surface area contributed by atoms with Gasteiger partial charge in [0.1, 0.15) is 5.75 Å². The maximum absolute atomic E-state index is 5.38. The molecule has 0 aliphatic carbocycles. The molecule has 0 bridgehead atoms. The van der Waals surface area contributed by atoms with E-state index in [9.17, 15) is 0 Å². The minimum absolute atomic E-state index is 0. The van der Waals surface area contributed by atoms with Crippen LogP contribution in [0.1, 0.15) is 23.7 Å². The van der Waals surface area contributed by atoms with Crippen molar-refractivity contribution in [3.63, 3.8) is 0 Å². The lowest BCUT2D eigenvalue weighted by Gasteiger charge is -2.12. The number of hydrogen-bond acceptors (Lipinski definition) is 4. The highest BCUT2D eigenvalue weighted by Crippen LogP contribution is 2.19. The third kappa shape index (κ3) is 7.62. The van der Waals surface area contributed by atoms with Crippen LogP contribution in [0.3, 0.4) is 0 Å². The Morgan fingerprint density at radius 2 is 1.93 bits per heavy atom. The molecule has 2 rings (SSSR count). The molecule has 0 spiro atoms. The fourth-order valence-corrected chi connectivity index (χ4v) is 2.51. The van der Waals surface area contributed by atoms with Crippen LogP contribution in [0.2, 0.25) is 0 Å². The van der Waals surface area contributed by atoms with E-state index < -0.39 is 0 Å². The third-order valence-corrected chi connectivity index (χ3v) is 3.91. The normalized spacial score (nSPS) is 10.7. The lowest BCUT2D eigenvalue weighted by molar-refractivity contribution is 0.396. The van der Waals surface area contributed by atoms with E-state index in [0.717, 1.165) is 42.5 Å². The molecule has 0 aliphatic rings. The highest BCUT2D eigenvalue weighted by molar-refractivity contribution is 14.0. The summed E-state index contributed by atoms with van der Waals surface area (Å²) in [6.07, 6.45) is 0.887. The Hall–Kier alpha value is -2.03. The van der Waals surface area contributed by atoms with Crippen LogP contribution in [0.4, 0.5) is 0 Å². The van der Waals surface area contributed by atoms with E-state index in [-0.39, 0.29) is 24.0 Å². The number of aliphatic imine (C=N–C) groups is 1. The van der Waals surface area contributed by atoms with Crippen LogP contribution in [0, 0.1) is 6.92 Å². The Morgan fingerprint density at radius 3 is 2.63 bits per heavy atom. The van der Waals surface area contributed by atoms with Crippen molar-refractivity contribution < 1.29 is 9.47 Å². The van der Waals surface area contributed by atoms with Gasteiger partial charge in [0.25, 0.3) is 0 Å². The van der Waals surface area contributed by atoms with Crippen molar-refractivity contribution in [3.05, 3.63) is 53.2 Å². The Bertz CT molecular complexity index is 738. The van der Waals surface area contributed by atoms with E-state index in [0.29, 0.717) is 12.4 Å². The fourth-order valence-electron chi connectivity index (χ4n) is 2.51. The number of ether oxygens (including phenoxy) is 2. The summed E-state index contributed by atoms with van der Waals surface area (Å²) < 4.78 is 10.5. The average molecular weight is 484 g/mol. The van der Waals surface area contributed by atoms with Crippen molar-refractivity contribution in [2.45, 2.75) is 26.8 Å². The number of nitrogens with zero attached hydrogens (tertiary/aromatic N) is 2. The molecule has 0 fully saturated rings. The summed E-state index contributed by atoms with van der Waals surface area (Å²) in [5, 5.41) is 6.61. The molecule has 1 aromatic carbocycles. The zero-order valence-electron chi connectivity index (χ0n) is 16.4. The van der Waals surface area contributed by atoms with Crippen LogP contribution in [-0.2, 0) is 13.0 Å². The van der Waals surface area contributed by atoms with Crippen molar-refractivity contribution in [2.75, 3.05) is 27.3 Å². The summed E-state index contributed by atoms with van der Waals surface area (Å²) in [4.78, 5) is 8.97. The molecule has 27 heavy (non-hydrogen) atoms. The Morgan fingerprint density at radius 1 is 1.11 bits per heavy atom. The lowest BCUT2D eigenvalue weighted by atomic mass is 10.1. The minimum Gasteiger partial charge on any atom is -0.496 e. The summed E-state index contributed by atoms with van der Waals surface area (Å²) in [6, 6.07) is 12.0. The van der Waals surface area contributed by atoms with E-state index in [2.05, 4.69) is 38.8 Å². The van der Waals surface area contributed by atoms with Gasteiger partial charge in [-0.1, -0.05) is 18.2 Å². The molecule has 148 valence electrons. The molecule has 1 heterocycles. The highest BCUT2D eigenvalue weighted by atomic mass is 127. The zero-order valence-corrected chi connectivity index (χ0v) is 18.7. The predicted octanol–water partition coefficient (Wildman–Crippen LogP) is 3.32. The SMILES string of the molecule is CCNC(=NCc1cccc(OC)n1)NCCc1ccc(C)c(OC)c1.I. The first-order valence-corrected chi connectivity index (χ1v) is 8.82. The number of pyridine rings is 1. The quantitative estimate of drug-likeness (QED) is 0.342. The first-order valence-electron chi connectivity index (χ1n) is 8.82. The van der Waals surface area contributed by atoms with Gasteiger partial charge in [-0.3, -0.25) is 0 Å². The first-order chi connectivity index (χ1) is 12.7. The van der Waals surface area contributed by atoms with Gasteiger partial charge < -0.3 is 20.1 Å². The smallest absolute Gasteiger partial charge is 0.213 e. The van der Waals surface area contributed by atoms with Crippen molar-refractivity contribution >= 4 is 29.9 Å². The molecule has 0 saturated heterocycles. The number of guanidine groups is 1. The molecule has 6 nitrogen and oxygen atoms in total. The van der Waals surface area contributed by atoms with Crippen LogP contribution in [-0.4, -0.2) is 38.3 Å². The van der Waals surface area contributed by atoms with Gasteiger partial charge in [0.15, 0.2) is 5.96 Å². The van der Waals surface area contributed by atoms with Gasteiger partial charge in [-0.15, -0.1) is 24.0 Å². The topological polar surface area (TPSA) is 67.8 Å². The number of halogens is 1. The second-order valence-corrected chi connectivity index (χ2v) is 5.85. The molecule has 0 radical (unpaired) electrons. The van der Waals surface area contributed by atoms with Crippen LogP contribution in [0.5, 0.6) is 11.6 Å². The maximum Gasteiger partial charge on any atom is 0.213 e. The number of aryl methyl sites for hydroxylation is 1. The van der Waals surface area contributed by atoms with E-state index >= 15 is 0 Å². The van der Waals surface area contributed by atoms with Crippen LogP contribution >= 0.6 is 24.0 Å². The summed E-state index contributed by atoms with van der Waals surface area (Å²) in [5.41, 5.74) is 3.24. The third-order valence-electron chi connectivity index (χ3n) is 3.91. The van der Waals surface area contributed by atoms with Gasteiger partial charge in [0.05, 0.1) is 26.5 Å². The largest absolute Gasteiger partial charge is 0.496 e. The Labute approximate surface area is 178 Å². The molecular weight excluding hydrogens is 455 g/mol. The summed E-state index contributed by atoms with van der Waals surface area (Å²) >= 11 is 0. The van der Waals surface area contributed by atoms with Gasteiger partial charge in [-0.2, -0.15) is 0 Å². The van der Waals surface area contributed by atoms with Crippen LogP contribution in [0.15, 0.2) is 41.4 Å². The highest BCUT2D eigenvalue weighted by Gasteiger charge is 2.03. The summed E-state index contributed by atoms with van der Waals surface area (Å²) in [7, 11) is 3.31. The Kier molecular flexibility index (Phi) is 10.5. The van der Waals surface area contributed by atoms with Crippen molar-refractivity contribution in [1.82, 2.24) is 15.6 Å². The van der Waals surface area contributed by atoms with E-state index in [1.165, 1.54) is 5.56 Å². The number of rotatable bonds is 8. The molecule has 7 heteroatoms. The van der Waals surface area contributed by atoms with Crippen molar-refractivity contribution in [2.24, 2.45) is 4.99 Å². The average Bonchev–Trinajstić information content (AvgIpc) is 2.67. The van der Waals surface area contributed by atoms with E-state index in [1.54, 1.807) is 14.2 Å². The lowest BCUT2D eigenvalue weighted by Crippen LogP contribution is -2.38. The second kappa shape index (κ2) is 12.4. The molecular formula is C20H29IN4O2. The first kappa shape index (κ1) is 23.0. The van der Waals surface area contributed by atoms with Gasteiger partial charge in [0.2, 0.25) is 5.88 Å². The van der Waals surface area contributed by atoms with Gasteiger partial charge >= 0.3 is 0 Å². The number of methoxy groups -OCH3 is 2. The molecule has 0 saturated carbocycles. The van der Waals surface area contributed by atoms with E-state index in [1.807, 2.05) is 32.0 Å². The van der Waals surface area contributed by atoms with Crippen molar-refractivity contribution in [1.29, 1.82) is 0 Å². The molecule has 2 N–H and O–H groups in total. The molecule has 0 unspecified atom stereocenters. The van der Waals surface area contributed by atoms with Gasteiger partial charge in [-0.25, -0.2) is 9.98 Å². The fraction of sp³-hybridized carbons (Fsp3) is 0.400. The monoisotopic (exact) mass is 484 g/mol. The molecule has 0 aliphatic heterocycles. The predicted molar refractivity (Wildman–Crippen MR) is 120 cm³/mol. The number of hydrogen-bond donors (Lipinski definition) is 2. The minimum atomic E-state index is 0. The maximum atomic E-state index is 5.38. The number of nitrogens with one attached hydrogen (secondary N) is 2. The zero-order chi connectivity index (χ0) is 18.8. The van der Waals surface area contributed by atoms with Crippen molar-refractivity contribution in [3.8, 4) is 11.6 Å².